The van der Waals surface area contributed by atoms with E-state index < -0.39 is 11.9 Å². The number of aliphatic hydroxyl groups excluding tert-OH is 1. The molecule has 2 fully saturated rings. The number of hydrogen-bond donors (Lipinski definition) is 2. The summed E-state index contributed by atoms with van der Waals surface area (Å²) in [4.78, 5) is 0. The largest absolute Gasteiger partial charge is 0.390 e. The quantitative estimate of drug-likeness (QED) is 0.591. The van der Waals surface area contributed by atoms with Gasteiger partial charge in [0.05, 0.1) is 6.10 Å². The minimum absolute atomic E-state index is 0. The zero-order valence-electron chi connectivity index (χ0n) is 7.77. The van der Waals surface area contributed by atoms with E-state index in [0.717, 1.165) is 0 Å². The molecule has 78 valence electrons. The van der Waals surface area contributed by atoms with Crippen LogP contribution in [0.4, 0.5) is 0 Å². The maximum Gasteiger partial charge on any atom is 0.163 e. The Balaban J connectivity index is 0.000000845. The van der Waals surface area contributed by atoms with Crippen molar-refractivity contribution in [3.63, 3.8) is 0 Å². The van der Waals surface area contributed by atoms with Gasteiger partial charge in [-0.1, -0.05) is 0 Å². The Kier molecular flexibility index (Phi) is 2.90. The predicted molar refractivity (Wildman–Crippen MR) is 49.7 cm³/mol. The van der Waals surface area contributed by atoms with Crippen LogP contribution < -0.4 is 5.73 Å². The summed E-state index contributed by atoms with van der Waals surface area (Å²) in [5.74, 6) is -0.589. The van der Waals surface area contributed by atoms with Gasteiger partial charge in [0.2, 0.25) is 0 Å². The van der Waals surface area contributed by atoms with E-state index in [1.165, 1.54) is 0 Å². The third kappa shape index (κ3) is 1.82. The van der Waals surface area contributed by atoms with Crippen LogP contribution in [0.25, 0.3) is 0 Å². The molecule has 1 aliphatic heterocycles. The molecule has 0 bridgehead atoms. The van der Waals surface area contributed by atoms with Crippen LogP contribution in [0.5, 0.6) is 0 Å². The zero-order valence-corrected chi connectivity index (χ0v) is 8.58. The molecule has 4 atom stereocenters. The van der Waals surface area contributed by atoms with Gasteiger partial charge in [-0.05, 0) is 20.3 Å². The van der Waals surface area contributed by atoms with E-state index in [2.05, 4.69) is 0 Å². The SMILES string of the molecule is CC1(C)OC2C(N)CC(O)C2O1.Cl. The number of fused-ring (bicyclic) bond motifs is 1. The topological polar surface area (TPSA) is 64.7 Å². The summed E-state index contributed by atoms with van der Waals surface area (Å²) < 4.78 is 11.1. The van der Waals surface area contributed by atoms with Gasteiger partial charge in [0, 0.05) is 6.04 Å². The molecule has 5 heteroatoms. The van der Waals surface area contributed by atoms with Gasteiger partial charge in [0.15, 0.2) is 5.79 Å². The van der Waals surface area contributed by atoms with Crippen molar-refractivity contribution in [2.24, 2.45) is 5.73 Å². The normalized spacial score (nSPS) is 47.1. The van der Waals surface area contributed by atoms with Gasteiger partial charge in [-0.2, -0.15) is 0 Å². The fraction of sp³-hybridized carbons (Fsp3) is 1.00. The third-order valence-electron chi connectivity index (χ3n) is 2.48. The Morgan fingerprint density at radius 1 is 1.31 bits per heavy atom. The molecule has 0 aromatic rings. The number of aliphatic hydroxyl groups is 1. The van der Waals surface area contributed by atoms with E-state index in [-0.39, 0.29) is 30.7 Å². The highest BCUT2D eigenvalue weighted by Gasteiger charge is 2.52. The highest BCUT2D eigenvalue weighted by molar-refractivity contribution is 5.85. The van der Waals surface area contributed by atoms with Gasteiger partial charge in [0.25, 0.3) is 0 Å². The molecule has 2 rings (SSSR count). The Morgan fingerprint density at radius 2 is 1.85 bits per heavy atom. The maximum atomic E-state index is 9.52. The lowest BCUT2D eigenvalue weighted by Crippen LogP contribution is -2.35. The van der Waals surface area contributed by atoms with Crippen molar-refractivity contribution in [3.05, 3.63) is 0 Å². The average Bonchev–Trinajstić information content (AvgIpc) is 2.34. The molecule has 0 amide bonds. The Labute approximate surface area is 83.8 Å². The molecule has 0 aromatic carbocycles. The van der Waals surface area contributed by atoms with Gasteiger partial charge >= 0.3 is 0 Å². The van der Waals surface area contributed by atoms with E-state index in [4.69, 9.17) is 15.2 Å². The monoisotopic (exact) mass is 209 g/mol. The first-order chi connectivity index (χ1) is 5.49. The smallest absolute Gasteiger partial charge is 0.163 e. The lowest BCUT2D eigenvalue weighted by atomic mass is 10.2. The standard InChI is InChI=1S/C8H15NO3.ClH/c1-8(2)11-6-4(9)3-5(10)7(6)12-8;/h4-7,10H,3,9H2,1-2H3;1H. The molecular formula is C8H16ClNO3. The fourth-order valence-electron chi connectivity index (χ4n) is 1.99. The summed E-state index contributed by atoms with van der Waals surface area (Å²) in [6.07, 6.45) is -0.248. The highest BCUT2D eigenvalue weighted by Crippen LogP contribution is 2.37. The molecule has 1 aliphatic carbocycles. The van der Waals surface area contributed by atoms with E-state index in [1.54, 1.807) is 0 Å². The maximum absolute atomic E-state index is 9.52. The predicted octanol–water partition coefficient (Wildman–Crippen LogP) is 0.0202. The Bertz CT molecular complexity index is 182. The van der Waals surface area contributed by atoms with Crippen molar-refractivity contribution in [3.8, 4) is 0 Å². The fourth-order valence-corrected chi connectivity index (χ4v) is 1.99. The Morgan fingerprint density at radius 3 is 2.38 bits per heavy atom. The van der Waals surface area contributed by atoms with Gasteiger partial charge < -0.3 is 20.3 Å². The summed E-state index contributed by atoms with van der Waals surface area (Å²) in [6.45, 7) is 3.68. The van der Waals surface area contributed by atoms with Crippen LogP contribution in [0.2, 0.25) is 0 Å². The molecule has 0 spiro atoms. The second-order valence-electron chi connectivity index (χ2n) is 4.03. The van der Waals surface area contributed by atoms with Gasteiger partial charge in [-0.15, -0.1) is 12.4 Å². The summed E-state index contributed by atoms with van der Waals surface area (Å²) in [5.41, 5.74) is 5.77. The molecular weight excluding hydrogens is 194 g/mol. The van der Waals surface area contributed by atoms with Crippen molar-refractivity contribution in [2.45, 2.75) is 50.4 Å². The first kappa shape index (κ1) is 11.2. The average molecular weight is 210 g/mol. The molecule has 13 heavy (non-hydrogen) atoms. The Hall–Kier alpha value is 0.130. The van der Waals surface area contributed by atoms with Crippen LogP contribution in [-0.4, -0.2) is 35.2 Å². The minimum atomic E-state index is -0.589. The molecule has 0 aromatic heterocycles. The van der Waals surface area contributed by atoms with Crippen molar-refractivity contribution in [1.29, 1.82) is 0 Å². The van der Waals surface area contributed by atoms with Gasteiger partial charge in [-0.25, -0.2) is 0 Å². The first-order valence-electron chi connectivity index (χ1n) is 4.29. The van der Waals surface area contributed by atoms with E-state index in [0.29, 0.717) is 6.42 Å². The molecule has 1 saturated carbocycles. The summed E-state index contributed by atoms with van der Waals surface area (Å²) in [6, 6.07) is -0.0909. The van der Waals surface area contributed by atoms with E-state index in [9.17, 15) is 5.11 Å². The van der Waals surface area contributed by atoms with Crippen LogP contribution in [-0.2, 0) is 9.47 Å². The summed E-state index contributed by atoms with van der Waals surface area (Å²) >= 11 is 0. The number of ether oxygens (including phenoxy) is 2. The number of halogens is 1. The molecule has 0 radical (unpaired) electrons. The summed E-state index contributed by atoms with van der Waals surface area (Å²) in [7, 11) is 0. The van der Waals surface area contributed by atoms with E-state index >= 15 is 0 Å². The first-order valence-corrected chi connectivity index (χ1v) is 4.29. The lowest BCUT2D eigenvalue weighted by molar-refractivity contribution is -0.163. The summed E-state index contributed by atoms with van der Waals surface area (Å²) in [5, 5.41) is 9.52. The molecule has 4 nitrogen and oxygen atoms in total. The second-order valence-corrected chi connectivity index (χ2v) is 4.03. The number of nitrogens with two attached hydrogens (primary N) is 1. The van der Waals surface area contributed by atoms with Gasteiger partial charge in [-0.3, -0.25) is 0 Å². The number of hydrogen-bond acceptors (Lipinski definition) is 4. The number of rotatable bonds is 0. The van der Waals surface area contributed by atoms with Gasteiger partial charge in [0.1, 0.15) is 12.2 Å². The molecule has 4 unspecified atom stereocenters. The van der Waals surface area contributed by atoms with E-state index in [1.807, 2.05) is 13.8 Å². The second kappa shape index (κ2) is 3.37. The molecule has 3 N–H and O–H groups in total. The van der Waals surface area contributed by atoms with Crippen LogP contribution >= 0.6 is 12.4 Å². The van der Waals surface area contributed by atoms with Crippen molar-refractivity contribution in [2.75, 3.05) is 0 Å². The molecule has 1 heterocycles. The lowest BCUT2D eigenvalue weighted by Gasteiger charge is -2.20. The van der Waals surface area contributed by atoms with Crippen LogP contribution in [0.15, 0.2) is 0 Å². The molecule has 1 saturated heterocycles. The van der Waals surface area contributed by atoms with Crippen molar-refractivity contribution in [1.82, 2.24) is 0 Å². The van der Waals surface area contributed by atoms with Crippen molar-refractivity contribution >= 4 is 12.4 Å². The van der Waals surface area contributed by atoms with Crippen LogP contribution in [0.3, 0.4) is 0 Å². The van der Waals surface area contributed by atoms with Crippen LogP contribution in [0.1, 0.15) is 20.3 Å². The zero-order chi connectivity index (χ0) is 8.93. The minimum Gasteiger partial charge on any atom is -0.390 e. The third-order valence-corrected chi connectivity index (χ3v) is 2.48. The highest BCUT2D eigenvalue weighted by atomic mass is 35.5. The molecule has 2 aliphatic rings. The van der Waals surface area contributed by atoms with Crippen LogP contribution in [0, 0.1) is 0 Å². The van der Waals surface area contributed by atoms with Crippen molar-refractivity contribution < 1.29 is 14.6 Å².